The molecule has 0 aromatic heterocycles. The summed E-state index contributed by atoms with van der Waals surface area (Å²) in [6.07, 6.45) is 5.47. The molecular weight excluding hydrogens is 348 g/mol. The van der Waals surface area contributed by atoms with Gasteiger partial charge in [-0.25, -0.2) is 0 Å². The van der Waals surface area contributed by atoms with Crippen molar-refractivity contribution in [2.75, 3.05) is 20.2 Å². The Kier molecular flexibility index (Phi) is 5.67. The Hall–Kier alpha value is -2.33. The molecule has 0 spiro atoms. The van der Waals surface area contributed by atoms with Gasteiger partial charge in [-0.15, -0.1) is 0 Å². The molecule has 2 aromatic carbocycles. The average molecular weight is 379 g/mol. The number of carbonyl (C=O) groups is 1. The molecule has 1 aliphatic heterocycles. The van der Waals surface area contributed by atoms with E-state index < -0.39 is 0 Å². The van der Waals surface area contributed by atoms with Crippen molar-refractivity contribution in [3.63, 3.8) is 0 Å². The summed E-state index contributed by atoms with van der Waals surface area (Å²) in [5.74, 6) is 1.17. The van der Waals surface area contributed by atoms with Crippen molar-refractivity contribution >= 4 is 5.91 Å². The highest BCUT2D eigenvalue weighted by Crippen LogP contribution is 2.36. The van der Waals surface area contributed by atoms with Crippen LogP contribution in [0.1, 0.15) is 58.8 Å². The number of piperidine rings is 1. The van der Waals surface area contributed by atoms with Crippen LogP contribution in [0.25, 0.3) is 0 Å². The summed E-state index contributed by atoms with van der Waals surface area (Å²) in [4.78, 5) is 14.7. The van der Waals surface area contributed by atoms with Gasteiger partial charge in [0.1, 0.15) is 5.75 Å². The van der Waals surface area contributed by atoms with E-state index in [-0.39, 0.29) is 5.91 Å². The lowest BCUT2D eigenvalue weighted by atomic mass is 9.86. The van der Waals surface area contributed by atoms with Gasteiger partial charge in [-0.2, -0.15) is 0 Å². The first-order chi connectivity index (χ1) is 13.7. The van der Waals surface area contributed by atoms with Gasteiger partial charge in [-0.05, 0) is 68.4 Å². The first kappa shape index (κ1) is 19.0. The molecule has 1 unspecified atom stereocenters. The molecule has 1 fully saturated rings. The van der Waals surface area contributed by atoms with E-state index in [1.807, 2.05) is 36.1 Å². The van der Waals surface area contributed by atoms with Gasteiger partial charge in [-0.3, -0.25) is 4.79 Å². The lowest BCUT2D eigenvalue weighted by Gasteiger charge is -2.36. The molecule has 2 aliphatic rings. The largest absolute Gasteiger partial charge is 0.496 e. The number of hydrogen-bond donors (Lipinski definition) is 1. The number of amides is 1. The number of rotatable bonds is 4. The fourth-order valence-corrected chi connectivity index (χ4v) is 4.59. The van der Waals surface area contributed by atoms with Crippen LogP contribution in [-0.4, -0.2) is 37.0 Å². The third kappa shape index (κ3) is 3.93. The Morgan fingerprint density at radius 2 is 1.82 bits per heavy atom. The van der Waals surface area contributed by atoms with Crippen LogP contribution < -0.4 is 10.1 Å². The zero-order chi connectivity index (χ0) is 19.5. The second kappa shape index (κ2) is 8.36. The minimum atomic E-state index is 0.159. The number of benzene rings is 2. The maximum Gasteiger partial charge on any atom is 0.253 e. The highest BCUT2D eigenvalue weighted by Gasteiger charge is 2.28. The zero-order valence-electron chi connectivity index (χ0n) is 16.9. The lowest BCUT2D eigenvalue weighted by molar-refractivity contribution is 0.0700. The molecule has 2 aromatic rings. The van der Waals surface area contributed by atoms with Crippen LogP contribution >= 0.6 is 0 Å². The predicted molar refractivity (Wildman–Crippen MR) is 112 cm³/mol. The Bertz CT molecular complexity index is 823. The van der Waals surface area contributed by atoms with Crippen LogP contribution in [0, 0.1) is 6.92 Å². The van der Waals surface area contributed by atoms with E-state index in [9.17, 15) is 4.79 Å². The van der Waals surface area contributed by atoms with Crippen molar-refractivity contribution in [1.29, 1.82) is 0 Å². The normalized spacial score (nSPS) is 19.9. The standard InChI is InChI=1S/C24H30N2O2/c1-17-9-11-18(12-10-17)24(27)26-15-13-19(14-16-26)25-22-7-3-6-21-20(22)5-4-8-23(21)28-2/h4-5,8-12,19,22,25H,3,6-7,13-16H2,1-2H3. The summed E-state index contributed by atoms with van der Waals surface area (Å²) in [7, 11) is 1.76. The molecule has 28 heavy (non-hydrogen) atoms. The lowest BCUT2D eigenvalue weighted by Crippen LogP contribution is -2.46. The van der Waals surface area contributed by atoms with Gasteiger partial charge >= 0.3 is 0 Å². The molecule has 1 aliphatic carbocycles. The molecule has 1 heterocycles. The number of ether oxygens (including phenoxy) is 1. The van der Waals surface area contributed by atoms with Crippen molar-refractivity contribution < 1.29 is 9.53 Å². The van der Waals surface area contributed by atoms with Crippen LogP contribution in [0.4, 0.5) is 0 Å². The molecular formula is C24H30N2O2. The second-order valence-corrected chi connectivity index (χ2v) is 8.07. The van der Waals surface area contributed by atoms with Gasteiger partial charge < -0.3 is 15.0 Å². The molecule has 4 rings (SSSR count). The smallest absolute Gasteiger partial charge is 0.253 e. The van der Waals surface area contributed by atoms with E-state index >= 15 is 0 Å². The number of aryl methyl sites for hydroxylation is 1. The van der Waals surface area contributed by atoms with Crippen LogP contribution in [0.3, 0.4) is 0 Å². The molecule has 1 N–H and O–H groups in total. The van der Waals surface area contributed by atoms with Crippen molar-refractivity contribution in [2.45, 2.75) is 51.1 Å². The highest BCUT2D eigenvalue weighted by molar-refractivity contribution is 5.94. The molecule has 0 saturated carbocycles. The second-order valence-electron chi connectivity index (χ2n) is 8.07. The average Bonchev–Trinajstić information content (AvgIpc) is 2.74. The van der Waals surface area contributed by atoms with Crippen LogP contribution in [0.15, 0.2) is 42.5 Å². The Morgan fingerprint density at radius 3 is 2.54 bits per heavy atom. The number of carbonyl (C=O) groups excluding carboxylic acids is 1. The summed E-state index contributed by atoms with van der Waals surface area (Å²) in [6, 6.07) is 15.2. The van der Waals surface area contributed by atoms with Crippen molar-refractivity contribution in [3.05, 3.63) is 64.7 Å². The minimum absolute atomic E-state index is 0.159. The summed E-state index contributed by atoms with van der Waals surface area (Å²) in [5.41, 5.74) is 4.73. The van der Waals surface area contributed by atoms with Crippen molar-refractivity contribution in [1.82, 2.24) is 10.2 Å². The minimum Gasteiger partial charge on any atom is -0.496 e. The molecule has 0 radical (unpaired) electrons. The number of fused-ring (bicyclic) bond motifs is 1. The third-order valence-corrected chi connectivity index (χ3v) is 6.20. The zero-order valence-corrected chi connectivity index (χ0v) is 16.9. The maximum absolute atomic E-state index is 12.7. The van der Waals surface area contributed by atoms with Gasteiger partial charge in [0, 0.05) is 30.7 Å². The van der Waals surface area contributed by atoms with E-state index in [4.69, 9.17) is 4.74 Å². The molecule has 148 valence electrons. The first-order valence-corrected chi connectivity index (χ1v) is 10.4. The van der Waals surface area contributed by atoms with Crippen LogP contribution in [0.2, 0.25) is 0 Å². The number of nitrogens with zero attached hydrogens (tertiary/aromatic N) is 1. The van der Waals surface area contributed by atoms with Gasteiger partial charge in [0.2, 0.25) is 0 Å². The highest BCUT2D eigenvalue weighted by atomic mass is 16.5. The monoisotopic (exact) mass is 378 g/mol. The summed E-state index contributed by atoms with van der Waals surface area (Å²) in [5, 5.41) is 3.88. The van der Waals surface area contributed by atoms with Gasteiger partial charge in [0.15, 0.2) is 0 Å². The quantitative estimate of drug-likeness (QED) is 0.864. The van der Waals surface area contributed by atoms with E-state index in [0.29, 0.717) is 12.1 Å². The Morgan fingerprint density at radius 1 is 1.07 bits per heavy atom. The van der Waals surface area contributed by atoms with E-state index in [2.05, 4.69) is 23.5 Å². The number of likely N-dealkylation sites (tertiary alicyclic amines) is 1. The van der Waals surface area contributed by atoms with Crippen LogP contribution in [0.5, 0.6) is 5.75 Å². The molecule has 4 heteroatoms. The van der Waals surface area contributed by atoms with Gasteiger partial charge in [0.05, 0.1) is 7.11 Å². The van der Waals surface area contributed by atoms with Gasteiger partial charge in [0.25, 0.3) is 5.91 Å². The summed E-state index contributed by atoms with van der Waals surface area (Å²) >= 11 is 0. The van der Waals surface area contributed by atoms with E-state index in [1.54, 1.807) is 7.11 Å². The fraction of sp³-hybridized carbons (Fsp3) is 0.458. The maximum atomic E-state index is 12.7. The van der Waals surface area contributed by atoms with Gasteiger partial charge in [-0.1, -0.05) is 29.8 Å². The fourth-order valence-electron chi connectivity index (χ4n) is 4.59. The topological polar surface area (TPSA) is 41.6 Å². The third-order valence-electron chi connectivity index (χ3n) is 6.20. The predicted octanol–water partition coefficient (Wildman–Crippen LogP) is 4.28. The molecule has 1 saturated heterocycles. The SMILES string of the molecule is COc1cccc2c1CCCC2NC1CCN(C(=O)c2ccc(C)cc2)CC1. The molecule has 4 nitrogen and oxygen atoms in total. The first-order valence-electron chi connectivity index (χ1n) is 10.4. The van der Waals surface area contributed by atoms with E-state index in [0.717, 1.165) is 43.7 Å². The van der Waals surface area contributed by atoms with Crippen LogP contribution in [-0.2, 0) is 6.42 Å². The Labute approximate surface area is 167 Å². The molecule has 0 bridgehead atoms. The number of methoxy groups -OCH3 is 1. The van der Waals surface area contributed by atoms with Crippen molar-refractivity contribution in [2.24, 2.45) is 0 Å². The van der Waals surface area contributed by atoms with E-state index in [1.165, 1.54) is 29.5 Å². The Balaban J connectivity index is 1.37. The summed E-state index contributed by atoms with van der Waals surface area (Å²) in [6.45, 7) is 3.69. The summed E-state index contributed by atoms with van der Waals surface area (Å²) < 4.78 is 5.57. The molecule has 1 atom stereocenters. The number of nitrogens with one attached hydrogen (secondary N) is 1. The van der Waals surface area contributed by atoms with Crippen molar-refractivity contribution in [3.8, 4) is 5.75 Å². The number of hydrogen-bond acceptors (Lipinski definition) is 3. The molecule has 1 amide bonds.